The van der Waals surface area contributed by atoms with Crippen molar-refractivity contribution in [1.82, 2.24) is 9.47 Å². The van der Waals surface area contributed by atoms with Gasteiger partial charge in [-0.3, -0.25) is 14.5 Å². The molecular formula is C20H18N2O4S. The Morgan fingerprint density at radius 2 is 2.11 bits per heavy atom. The molecule has 1 saturated heterocycles. The number of imide groups is 1. The highest BCUT2D eigenvalue weighted by Crippen LogP contribution is 2.35. The lowest BCUT2D eigenvalue weighted by atomic mass is 10.1. The minimum absolute atomic E-state index is 0.184. The Kier molecular flexibility index (Phi) is 5.38. The van der Waals surface area contributed by atoms with Crippen LogP contribution in [-0.2, 0) is 20.9 Å². The summed E-state index contributed by atoms with van der Waals surface area (Å²) in [5, 5.41) is 0.442. The Morgan fingerprint density at radius 3 is 2.81 bits per heavy atom. The van der Waals surface area contributed by atoms with E-state index in [1.807, 2.05) is 35.0 Å². The normalized spacial score (nSPS) is 16.8. The first kappa shape index (κ1) is 18.8. The molecule has 1 aromatic carbocycles. The van der Waals surface area contributed by atoms with Gasteiger partial charge in [-0.05, 0) is 37.8 Å². The van der Waals surface area contributed by atoms with Gasteiger partial charge in [0.1, 0.15) is 6.04 Å². The van der Waals surface area contributed by atoms with Crippen LogP contribution >= 0.6 is 11.8 Å². The summed E-state index contributed by atoms with van der Waals surface area (Å²) >= 11 is 0.813. The number of esters is 1. The van der Waals surface area contributed by atoms with E-state index < -0.39 is 23.2 Å². The Balaban J connectivity index is 1.96. The lowest BCUT2D eigenvalue weighted by Gasteiger charge is -2.19. The fourth-order valence-electron chi connectivity index (χ4n) is 2.94. The Labute approximate surface area is 161 Å². The highest BCUT2D eigenvalue weighted by molar-refractivity contribution is 8.18. The zero-order chi connectivity index (χ0) is 19.6. The minimum Gasteiger partial charge on any atom is -0.464 e. The van der Waals surface area contributed by atoms with Gasteiger partial charge in [-0.15, -0.1) is 6.42 Å². The Hall–Kier alpha value is -2.98. The molecule has 27 heavy (non-hydrogen) atoms. The lowest BCUT2D eigenvalue weighted by Crippen LogP contribution is -2.42. The third-order valence-electron chi connectivity index (χ3n) is 4.21. The van der Waals surface area contributed by atoms with Crippen molar-refractivity contribution < 1.29 is 19.1 Å². The van der Waals surface area contributed by atoms with Gasteiger partial charge in [0.15, 0.2) is 0 Å². The number of aromatic nitrogens is 1. The van der Waals surface area contributed by atoms with Gasteiger partial charge in [0, 0.05) is 22.7 Å². The molecule has 0 N–H and O–H groups in total. The molecule has 1 fully saturated rings. The van der Waals surface area contributed by atoms with E-state index in [0.29, 0.717) is 6.54 Å². The molecule has 2 heterocycles. The molecule has 7 heteroatoms. The van der Waals surface area contributed by atoms with Crippen LogP contribution in [0.5, 0.6) is 0 Å². The summed E-state index contributed by atoms with van der Waals surface area (Å²) in [5.41, 5.74) is 1.73. The summed E-state index contributed by atoms with van der Waals surface area (Å²) in [5.74, 6) is 1.50. The zero-order valence-electron chi connectivity index (χ0n) is 15.0. The number of carbonyl (C=O) groups excluding carboxylic acids is 3. The first-order valence-electron chi connectivity index (χ1n) is 8.43. The van der Waals surface area contributed by atoms with Crippen LogP contribution in [0.25, 0.3) is 17.0 Å². The SMILES string of the molecule is C#CCn1cc(/C=C2/SC(=O)N(C(C)C(=O)OCC)C2=O)c2ccccc21. The van der Waals surface area contributed by atoms with Gasteiger partial charge in [-0.2, -0.15) is 0 Å². The van der Waals surface area contributed by atoms with E-state index in [1.54, 1.807) is 13.0 Å². The van der Waals surface area contributed by atoms with Crippen molar-refractivity contribution in [3.05, 3.63) is 40.9 Å². The monoisotopic (exact) mass is 382 g/mol. The maximum absolute atomic E-state index is 12.7. The van der Waals surface area contributed by atoms with Gasteiger partial charge in [-0.1, -0.05) is 24.1 Å². The average molecular weight is 382 g/mol. The van der Waals surface area contributed by atoms with Crippen molar-refractivity contribution in [2.24, 2.45) is 0 Å². The number of nitrogens with zero attached hydrogens (tertiary/aromatic N) is 2. The van der Waals surface area contributed by atoms with Crippen LogP contribution in [0.2, 0.25) is 0 Å². The van der Waals surface area contributed by atoms with E-state index in [1.165, 1.54) is 6.92 Å². The molecule has 138 valence electrons. The molecule has 1 atom stereocenters. The molecule has 2 aromatic rings. The first-order chi connectivity index (χ1) is 13.0. The van der Waals surface area contributed by atoms with Crippen LogP contribution in [0, 0.1) is 12.3 Å². The minimum atomic E-state index is -0.967. The van der Waals surface area contributed by atoms with Gasteiger partial charge >= 0.3 is 5.97 Å². The summed E-state index contributed by atoms with van der Waals surface area (Å²) in [6.45, 7) is 3.74. The molecule has 0 bridgehead atoms. The second-order valence-corrected chi connectivity index (χ2v) is 6.91. The number of benzene rings is 1. The molecule has 1 aliphatic heterocycles. The van der Waals surface area contributed by atoms with E-state index in [0.717, 1.165) is 33.1 Å². The summed E-state index contributed by atoms with van der Waals surface area (Å²) < 4.78 is 6.83. The Bertz CT molecular complexity index is 999. The molecule has 0 spiro atoms. The Morgan fingerprint density at radius 1 is 1.37 bits per heavy atom. The van der Waals surface area contributed by atoms with Gasteiger partial charge in [-0.25, -0.2) is 4.79 Å². The third-order valence-corrected chi connectivity index (χ3v) is 5.09. The number of hydrogen-bond donors (Lipinski definition) is 0. The number of fused-ring (bicyclic) bond motifs is 1. The quantitative estimate of drug-likeness (QED) is 0.451. The molecule has 6 nitrogen and oxygen atoms in total. The number of thioether (sulfide) groups is 1. The van der Waals surface area contributed by atoms with Crippen LogP contribution in [-0.4, -0.2) is 39.2 Å². The number of amides is 2. The van der Waals surface area contributed by atoms with E-state index in [-0.39, 0.29) is 11.5 Å². The number of para-hydroxylation sites is 1. The molecular weight excluding hydrogens is 364 g/mol. The summed E-state index contributed by atoms with van der Waals surface area (Å²) in [7, 11) is 0. The van der Waals surface area contributed by atoms with Crippen molar-refractivity contribution in [3.8, 4) is 12.3 Å². The standard InChI is InChI=1S/C20H18N2O4S/c1-4-10-21-12-14(15-8-6-7-9-16(15)21)11-17-18(23)22(20(25)27-17)13(3)19(24)26-5-2/h1,6-9,11-13H,5,10H2,2-3H3/b17-11+. The topological polar surface area (TPSA) is 68.6 Å². The van der Waals surface area contributed by atoms with E-state index in [4.69, 9.17) is 11.2 Å². The molecule has 1 aromatic heterocycles. The third kappa shape index (κ3) is 3.49. The van der Waals surface area contributed by atoms with E-state index in [2.05, 4.69) is 5.92 Å². The average Bonchev–Trinajstić information content (AvgIpc) is 3.13. The highest BCUT2D eigenvalue weighted by atomic mass is 32.2. The molecule has 0 saturated carbocycles. The van der Waals surface area contributed by atoms with Crippen molar-refractivity contribution in [1.29, 1.82) is 0 Å². The number of hydrogen-bond acceptors (Lipinski definition) is 5. The van der Waals surface area contributed by atoms with Crippen LogP contribution in [0.1, 0.15) is 19.4 Å². The maximum Gasteiger partial charge on any atom is 0.329 e. The molecule has 3 rings (SSSR count). The van der Waals surface area contributed by atoms with Crippen LogP contribution in [0.15, 0.2) is 35.4 Å². The summed E-state index contributed by atoms with van der Waals surface area (Å²) in [6, 6.07) is 6.71. The fourth-order valence-corrected chi connectivity index (χ4v) is 3.84. The smallest absolute Gasteiger partial charge is 0.329 e. The second-order valence-electron chi connectivity index (χ2n) is 5.91. The predicted octanol–water partition coefficient (Wildman–Crippen LogP) is 3.26. The number of rotatable bonds is 5. The van der Waals surface area contributed by atoms with Crippen LogP contribution in [0.4, 0.5) is 4.79 Å². The lowest BCUT2D eigenvalue weighted by molar-refractivity contribution is -0.150. The summed E-state index contributed by atoms with van der Waals surface area (Å²) in [4.78, 5) is 38.1. The van der Waals surface area contributed by atoms with Gasteiger partial charge < -0.3 is 9.30 Å². The second kappa shape index (κ2) is 7.72. The van der Waals surface area contributed by atoms with Crippen molar-refractivity contribution in [2.45, 2.75) is 26.4 Å². The number of terminal acetylenes is 1. The van der Waals surface area contributed by atoms with Crippen LogP contribution < -0.4 is 0 Å². The predicted molar refractivity (Wildman–Crippen MR) is 105 cm³/mol. The first-order valence-corrected chi connectivity index (χ1v) is 9.24. The highest BCUT2D eigenvalue weighted by Gasteiger charge is 2.41. The molecule has 1 aliphatic rings. The number of carbonyl (C=O) groups is 3. The van der Waals surface area contributed by atoms with Crippen molar-refractivity contribution in [2.75, 3.05) is 6.61 Å². The van der Waals surface area contributed by atoms with Crippen molar-refractivity contribution >= 4 is 45.9 Å². The maximum atomic E-state index is 12.7. The van der Waals surface area contributed by atoms with E-state index >= 15 is 0 Å². The summed E-state index contributed by atoms with van der Waals surface area (Å²) in [6.07, 6.45) is 8.95. The van der Waals surface area contributed by atoms with Gasteiger partial charge in [0.2, 0.25) is 0 Å². The number of ether oxygens (including phenoxy) is 1. The van der Waals surface area contributed by atoms with Crippen molar-refractivity contribution in [3.63, 3.8) is 0 Å². The molecule has 0 radical (unpaired) electrons. The fraction of sp³-hybridized carbons (Fsp3) is 0.250. The molecule has 0 aliphatic carbocycles. The van der Waals surface area contributed by atoms with Gasteiger partial charge in [0.05, 0.1) is 18.1 Å². The zero-order valence-corrected chi connectivity index (χ0v) is 15.8. The van der Waals surface area contributed by atoms with Gasteiger partial charge in [0.25, 0.3) is 11.1 Å². The largest absolute Gasteiger partial charge is 0.464 e. The van der Waals surface area contributed by atoms with E-state index in [9.17, 15) is 14.4 Å². The molecule has 2 amide bonds. The van der Waals surface area contributed by atoms with Crippen LogP contribution in [0.3, 0.4) is 0 Å². The molecule has 1 unspecified atom stereocenters.